The first kappa shape index (κ1) is 12.6. The fourth-order valence-electron chi connectivity index (χ4n) is 1.46. The highest BCUT2D eigenvalue weighted by molar-refractivity contribution is 8.93. The van der Waals surface area contributed by atoms with Crippen molar-refractivity contribution in [3.05, 3.63) is 41.2 Å². The molecule has 4 nitrogen and oxygen atoms in total. The summed E-state index contributed by atoms with van der Waals surface area (Å²) >= 11 is 7.47. The molecule has 1 aromatic carbocycles. The number of aromatic nitrogens is 3. The van der Waals surface area contributed by atoms with Gasteiger partial charge in [-0.15, -0.1) is 27.2 Å². The number of hydrogen-bond acceptors (Lipinski definition) is 4. The lowest BCUT2D eigenvalue weighted by Gasteiger charge is -2.11. The zero-order valence-corrected chi connectivity index (χ0v) is 11.9. The van der Waals surface area contributed by atoms with Crippen LogP contribution in [0.25, 0.3) is 0 Å². The lowest BCUT2D eigenvalue weighted by molar-refractivity contribution is 0.756. The van der Waals surface area contributed by atoms with Gasteiger partial charge in [-0.25, -0.2) is 0 Å². The largest absolute Gasteiger partial charge is 0.212 e. The van der Waals surface area contributed by atoms with Crippen molar-refractivity contribution in [1.82, 2.24) is 14.9 Å². The summed E-state index contributed by atoms with van der Waals surface area (Å²) in [4.78, 5) is 0. The predicted molar refractivity (Wildman–Crippen MR) is 74.5 cm³/mol. The van der Waals surface area contributed by atoms with Crippen LogP contribution in [0.3, 0.4) is 0 Å². The lowest BCUT2D eigenvalue weighted by Crippen LogP contribution is -2.12. The van der Waals surface area contributed by atoms with Crippen LogP contribution in [0.15, 0.2) is 40.9 Å². The average molecular weight is 332 g/mol. The summed E-state index contributed by atoms with van der Waals surface area (Å²) in [5.74, 6) is 0.806. The molecule has 0 unspecified atom stereocenters. The molecule has 0 aliphatic carbocycles. The molecule has 0 radical (unpaired) electrons. The first-order chi connectivity index (χ1) is 7.83. The van der Waals surface area contributed by atoms with E-state index in [0.717, 1.165) is 27.2 Å². The zero-order chi connectivity index (χ0) is 11.0. The molecular formula is C10H8BrClN4S. The summed E-state index contributed by atoms with van der Waals surface area (Å²) in [6.45, 7) is 0. The monoisotopic (exact) mass is 330 g/mol. The number of hydrogen-bond donors (Lipinski definition) is 0. The van der Waals surface area contributed by atoms with E-state index < -0.39 is 0 Å². The minimum absolute atomic E-state index is 0. The van der Waals surface area contributed by atoms with Crippen molar-refractivity contribution in [1.29, 1.82) is 0 Å². The third kappa shape index (κ3) is 2.53. The van der Waals surface area contributed by atoms with Crippen LogP contribution in [-0.4, -0.2) is 26.3 Å². The van der Waals surface area contributed by atoms with Gasteiger partial charge in [-0.3, -0.25) is 0 Å². The topological polar surface area (TPSA) is 43.1 Å². The number of benzene rings is 1. The molecule has 2 aromatic rings. The van der Waals surface area contributed by atoms with Crippen molar-refractivity contribution >= 4 is 46.1 Å². The van der Waals surface area contributed by atoms with Crippen LogP contribution in [0, 0.1) is 0 Å². The van der Waals surface area contributed by atoms with Gasteiger partial charge in [-0.1, -0.05) is 35.5 Å². The first-order valence-electron chi connectivity index (χ1n) is 4.69. The predicted octanol–water partition coefficient (Wildman–Crippen LogP) is 2.87. The van der Waals surface area contributed by atoms with E-state index in [-0.39, 0.29) is 17.0 Å². The Morgan fingerprint density at radius 2 is 2.00 bits per heavy atom. The Bertz CT molecular complexity index is 552. The molecule has 0 fully saturated rings. The van der Waals surface area contributed by atoms with Crippen molar-refractivity contribution in [2.24, 2.45) is 5.10 Å². The highest BCUT2D eigenvalue weighted by Gasteiger charge is 2.15. The number of halogens is 2. The maximum atomic E-state index is 5.84. The quantitative estimate of drug-likeness (QED) is 0.807. The van der Waals surface area contributed by atoms with Crippen LogP contribution < -0.4 is 0 Å². The average Bonchev–Trinajstić information content (AvgIpc) is 2.77. The van der Waals surface area contributed by atoms with Crippen molar-refractivity contribution in [3.63, 3.8) is 0 Å². The number of fused-ring (bicyclic) bond motifs is 1. The smallest absolute Gasteiger partial charge is 0.194 e. The molecule has 0 N–H and O–H groups in total. The van der Waals surface area contributed by atoms with Gasteiger partial charge in [0.05, 0.1) is 5.71 Å². The molecule has 1 aliphatic rings. The second-order valence-electron chi connectivity index (χ2n) is 3.30. The highest BCUT2D eigenvalue weighted by atomic mass is 79.9. The minimum Gasteiger partial charge on any atom is -0.194 e. The van der Waals surface area contributed by atoms with Crippen molar-refractivity contribution in [2.45, 2.75) is 5.16 Å². The molecule has 0 amide bonds. The van der Waals surface area contributed by atoms with Crippen molar-refractivity contribution < 1.29 is 0 Å². The maximum Gasteiger partial charge on any atom is 0.212 e. The molecule has 3 rings (SSSR count). The van der Waals surface area contributed by atoms with Crippen LogP contribution in [0.5, 0.6) is 0 Å². The van der Waals surface area contributed by atoms with Gasteiger partial charge in [0.25, 0.3) is 0 Å². The van der Waals surface area contributed by atoms with E-state index in [0.29, 0.717) is 0 Å². The fraction of sp³-hybridized carbons (Fsp3) is 0.100. The summed E-state index contributed by atoms with van der Waals surface area (Å²) in [5, 5.41) is 13.8. The fourth-order valence-corrected chi connectivity index (χ4v) is 2.40. The van der Waals surface area contributed by atoms with Gasteiger partial charge in [-0.05, 0) is 17.7 Å². The molecule has 0 atom stereocenters. The van der Waals surface area contributed by atoms with E-state index in [4.69, 9.17) is 11.6 Å². The lowest BCUT2D eigenvalue weighted by atomic mass is 10.1. The molecule has 0 bridgehead atoms. The van der Waals surface area contributed by atoms with Gasteiger partial charge in [0.2, 0.25) is 5.16 Å². The second kappa shape index (κ2) is 5.20. The van der Waals surface area contributed by atoms with Gasteiger partial charge in [0.1, 0.15) is 6.33 Å². The summed E-state index contributed by atoms with van der Waals surface area (Å²) in [6.07, 6.45) is 1.61. The Morgan fingerprint density at radius 1 is 1.24 bits per heavy atom. The Balaban J connectivity index is 0.00000108. The van der Waals surface area contributed by atoms with Gasteiger partial charge in [0.15, 0.2) is 0 Å². The number of rotatable bonds is 1. The van der Waals surface area contributed by atoms with Gasteiger partial charge in [0, 0.05) is 10.8 Å². The molecule has 0 saturated carbocycles. The van der Waals surface area contributed by atoms with E-state index in [1.165, 1.54) is 0 Å². The van der Waals surface area contributed by atoms with E-state index >= 15 is 0 Å². The van der Waals surface area contributed by atoms with Crippen LogP contribution in [0.2, 0.25) is 5.02 Å². The van der Waals surface area contributed by atoms with E-state index in [1.54, 1.807) is 22.8 Å². The normalized spacial score (nSPS) is 13.6. The molecule has 0 spiro atoms. The second-order valence-corrected chi connectivity index (χ2v) is 4.68. The molecule has 17 heavy (non-hydrogen) atoms. The minimum atomic E-state index is 0. The van der Waals surface area contributed by atoms with Gasteiger partial charge < -0.3 is 0 Å². The third-order valence-electron chi connectivity index (χ3n) is 2.24. The summed E-state index contributed by atoms with van der Waals surface area (Å²) in [6, 6.07) is 7.67. The van der Waals surface area contributed by atoms with E-state index in [2.05, 4.69) is 15.3 Å². The Morgan fingerprint density at radius 3 is 2.76 bits per heavy atom. The Hall–Kier alpha value is -0.850. The molecule has 2 heterocycles. The molecule has 1 aromatic heterocycles. The summed E-state index contributed by atoms with van der Waals surface area (Å²) < 4.78 is 1.69. The van der Waals surface area contributed by atoms with E-state index in [1.807, 2.05) is 24.3 Å². The van der Waals surface area contributed by atoms with E-state index in [9.17, 15) is 0 Å². The molecule has 0 saturated heterocycles. The standard InChI is InChI=1S/C10H7ClN4S.BrH/c11-8-3-1-7(2-4-8)9-5-16-10-13-12-6-15(10)14-9;/h1-4,6H,5H2;1H. The maximum absolute atomic E-state index is 5.84. The van der Waals surface area contributed by atoms with Crippen LogP contribution in [0.1, 0.15) is 5.56 Å². The molecule has 1 aliphatic heterocycles. The SMILES string of the molecule is Br.Clc1ccc(C2=Nn3cnnc3SC2)cc1. The number of nitrogens with zero attached hydrogens (tertiary/aromatic N) is 4. The van der Waals surface area contributed by atoms with Crippen molar-refractivity contribution in [2.75, 3.05) is 5.75 Å². The Kier molecular flexibility index (Phi) is 3.86. The summed E-state index contributed by atoms with van der Waals surface area (Å²) in [5.41, 5.74) is 2.09. The van der Waals surface area contributed by atoms with Gasteiger partial charge in [-0.2, -0.15) is 9.78 Å². The highest BCUT2D eigenvalue weighted by Crippen LogP contribution is 2.22. The molecular weight excluding hydrogens is 324 g/mol. The summed E-state index contributed by atoms with van der Waals surface area (Å²) in [7, 11) is 0. The molecule has 88 valence electrons. The van der Waals surface area contributed by atoms with Crippen LogP contribution in [-0.2, 0) is 0 Å². The Labute approximate surface area is 118 Å². The van der Waals surface area contributed by atoms with Crippen molar-refractivity contribution in [3.8, 4) is 0 Å². The van der Waals surface area contributed by atoms with Crippen LogP contribution >= 0.6 is 40.3 Å². The van der Waals surface area contributed by atoms with Crippen LogP contribution in [0.4, 0.5) is 0 Å². The first-order valence-corrected chi connectivity index (χ1v) is 6.06. The number of thioether (sulfide) groups is 1. The van der Waals surface area contributed by atoms with Gasteiger partial charge >= 0.3 is 0 Å². The molecule has 7 heteroatoms. The third-order valence-corrected chi connectivity index (χ3v) is 3.44. The zero-order valence-electron chi connectivity index (χ0n) is 8.58.